The molecule has 2 aromatic rings. The predicted octanol–water partition coefficient (Wildman–Crippen LogP) is 4.86. The molecule has 0 aromatic heterocycles. The fourth-order valence-electron chi connectivity index (χ4n) is 1.76. The third-order valence-electron chi connectivity index (χ3n) is 2.71. The number of hydrogen-bond acceptors (Lipinski definition) is 0. The van der Waals surface area contributed by atoms with E-state index in [1.54, 1.807) is 0 Å². The number of rotatable bonds is 2. The summed E-state index contributed by atoms with van der Waals surface area (Å²) in [6, 6.07) is 17.4. The molecule has 0 spiro atoms. The van der Waals surface area contributed by atoms with E-state index in [9.17, 15) is 0 Å². The third-order valence-corrected chi connectivity index (χ3v) is 2.71. The summed E-state index contributed by atoms with van der Waals surface area (Å²) in [5.74, 6) is 0. The van der Waals surface area contributed by atoms with Crippen molar-refractivity contribution in [1.29, 1.82) is 0 Å². The number of hydrogen-bond donors (Lipinski definition) is 0. The van der Waals surface area contributed by atoms with E-state index in [1.165, 1.54) is 22.3 Å². The van der Waals surface area contributed by atoms with Crippen LogP contribution in [0.5, 0.6) is 0 Å². The summed E-state index contributed by atoms with van der Waals surface area (Å²) in [5, 5.41) is 0. The van der Waals surface area contributed by atoms with Crippen LogP contribution in [0, 0.1) is 6.92 Å². The summed E-state index contributed by atoms with van der Waals surface area (Å²) in [6.45, 7) is 4.31. The monoisotopic (exact) mass is 212 g/mol. The van der Waals surface area contributed by atoms with Crippen LogP contribution in [0.15, 0.2) is 48.5 Å². The van der Waals surface area contributed by atoms with Gasteiger partial charge in [-0.3, -0.25) is 0 Å². The third kappa shape index (κ3) is 2.73. The molecule has 16 heavy (non-hydrogen) atoms. The fraction of sp³-hybridized carbons (Fsp3) is 0.250. The SMILES string of the molecule is C.CCc1ccc(-c2cccc(C)c2)cc1. The second-order valence-corrected chi connectivity index (χ2v) is 3.92. The fourth-order valence-corrected chi connectivity index (χ4v) is 1.76. The number of benzene rings is 2. The Labute approximate surface area is 99.0 Å². The van der Waals surface area contributed by atoms with E-state index in [0.717, 1.165) is 6.42 Å². The molecular formula is C16H20. The van der Waals surface area contributed by atoms with Gasteiger partial charge in [0.15, 0.2) is 0 Å². The molecule has 0 nitrogen and oxygen atoms in total. The Balaban J connectivity index is 0.00000128. The van der Waals surface area contributed by atoms with Gasteiger partial charge >= 0.3 is 0 Å². The average molecular weight is 212 g/mol. The van der Waals surface area contributed by atoms with E-state index in [1.807, 2.05) is 0 Å². The quantitative estimate of drug-likeness (QED) is 0.667. The van der Waals surface area contributed by atoms with E-state index >= 15 is 0 Å². The second kappa shape index (κ2) is 5.50. The molecule has 0 aliphatic carbocycles. The molecule has 0 aliphatic heterocycles. The predicted molar refractivity (Wildman–Crippen MR) is 72.7 cm³/mol. The highest BCUT2D eigenvalue weighted by molar-refractivity contribution is 5.64. The van der Waals surface area contributed by atoms with E-state index in [4.69, 9.17) is 0 Å². The van der Waals surface area contributed by atoms with Gasteiger partial charge in [-0.1, -0.05) is 68.4 Å². The Morgan fingerprint density at radius 3 is 2.12 bits per heavy atom. The molecular weight excluding hydrogens is 192 g/mol. The van der Waals surface area contributed by atoms with Crippen molar-refractivity contribution in [2.75, 3.05) is 0 Å². The largest absolute Gasteiger partial charge is 0.0776 e. The summed E-state index contributed by atoms with van der Waals surface area (Å²) in [5.41, 5.74) is 5.31. The van der Waals surface area contributed by atoms with Crippen molar-refractivity contribution in [3.8, 4) is 11.1 Å². The Bertz CT molecular complexity index is 438. The van der Waals surface area contributed by atoms with Crippen molar-refractivity contribution < 1.29 is 0 Å². The van der Waals surface area contributed by atoms with Gasteiger partial charge in [-0.25, -0.2) is 0 Å². The minimum atomic E-state index is 0. The van der Waals surface area contributed by atoms with Crippen LogP contribution in [0.2, 0.25) is 0 Å². The van der Waals surface area contributed by atoms with E-state index in [-0.39, 0.29) is 7.43 Å². The first-order valence-electron chi connectivity index (χ1n) is 5.45. The van der Waals surface area contributed by atoms with Crippen LogP contribution in [0.4, 0.5) is 0 Å². The van der Waals surface area contributed by atoms with Crippen LogP contribution in [-0.4, -0.2) is 0 Å². The van der Waals surface area contributed by atoms with Gasteiger partial charge in [-0.2, -0.15) is 0 Å². The van der Waals surface area contributed by atoms with Crippen molar-refractivity contribution in [2.45, 2.75) is 27.7 Å². The van der Waals surface area contributed by atoms with Gasteiger partial charge in [0.2, 0.25) is 0 Å². The van der Waals surface area contributed by atoms with Crippen molar-refractivity contribution in [1.82, 2.24) is 0 Å². The molecule has 0 atom stereocenters. The molecule has 0 heteroatoms. The Kier molecular flexibility index (Phi) is 4.30. The zero-order chi connectivity index (χ0) is 10.7. The summed E-state index contributed by atoms with van der Waals surface area (Å²) >= 11 is 0. The van der Waals surface area contributed by atoms with E-state index in [0.29, 0.717) is 0 Å². The molecule has 0 aliphatic rings. The van der Waals surface area contributed by atoms with Gasteiger partial charge in [-0.05, 0) is 30.0 Å². The zero-order valence-corrected chi connectivity index (χ0v) is 9.33. The van der Waals surface area contributed by atoms with Crippen LogP contribution in [0.1, 0.15) is 25.5 Å². The van der Waals surface area contributed by atoms with Gasteiger partial charge in [0.25, 0.3) is 0 Å². The molecule has 0 bridgehead atoms. The molecule has 0 radical (unpaired) electrons. The summed E-state index contributed by atoms with van der Waals surface area (Å²) < 4.78 is 0. The molecule has 84 valence electrons. The van der Waals surface area contributed by atoms with Crippen LogP contribution in [0.25, 0.3) is 11.1 Å². The standard InChI is InChI=1S/C15H16.CH4/c1-3-13-7-9-14(10-8-13)15-6-4-5-12(2)11-15;/h4-11H,3H2,1-2H3;1H4. The first-order valence-corrected chi connectivity index (χ1v) is 5.45. The minimum absolute atomic E-state index is 0. The van der Waals surface area contributed by atoms with Gasteiger partial charge in [0.05, 0.1) is 0 Å². The van der Waals surface area contributed by atoms with Gasteiger partial charge in [-0.15, -0.1) is 0 Å². The van der Waals surface area contributed by atoms with Crippen LogP contribution in [0.3, 0.4) is 0 Å². The number of aryl methyl sites for hydroxylation is 2. The normalized spacial score (nSPS) is 9.62. The van der Waals surface area contributed by atoms with Crippen LogP contribution in [-0.2, 0) is 6.42 Å². The molecule has 0 fully saturated rings. The van der Waals surface area contributed by atoms with Crippen molar-refractivity contribution in [3.05, 3.63) is 59.7 Å². The molecule has 0 unspecified atom stereocenters. The van der Waals surface area contributed by atoms with Gasteiger partial charge in [0.1, 0.15) is 0 Å². The van der Waals surface area contributed by atoms with E-state index in [2.05, 4.69) is 62.4 Å². The first-order chi connectivity index (χ1) is 7.29. The smallest absolute Gasteiger partial charge is 0.0181 e. The molecule has 2 aromatic carbocycles. The highest BCUT2D eigenvalue weighted by Gasteiger charge is 1.97. The highest BCUT2D eigenvalue weighted by atomic mass is 14.0. The summed E-state index contributed by atoms with van der Waals surface area (Å²) in [4.78, 5) is 0. The summed E-state index contributed by atoms with van der Waals surface area (Å²) in [6.07, 6.45) is 1.11. The van der Waals surface area contributed by atoms with Crippen molar-refractivity contribution in [2.24, 2.45) is 0 Å². The lowest BCUT2D eigenvalue weighted by atomic mass is 10.0. The lowest BCUT2D eigenvalue weighted by Gasteiger charge is -2.04. The molecule has 0 saturated carbocycles. The first kappa shape index (κ1) is 12.5. The highest BCUT2D eigenvalue weighted by Crippen LogP contribution is 2.20. The molecule has 0 N–H and O–H groups in total. The Morgan fingerprint density at radius 2 is 1.56 bits per heavy atom. The average Bonchev–Trinajstić information content (AvgIpc) is 2.29. The Hall–Kier alpha value is -1.56. The van der Waals surface area contributed by atoms with Crippen molar-refractivity contribution >= 4 is 0 Å². The molecule has 0 heterocycles. The van der Waals surface area contributed by atoms with Gasteiger partial charge in [0, 0.05) is 0 Å². The lowest BCUT2D eigenvalue weighted by Crippen LogP contribution is -1.82. The molecule has 0 saturated heterocycles. The maximum absolute atomic E-state index is 2.22. The second-order valence-electron chi connectivity index (χ2n) is 3.92. The lowest BCUT2D eigenvalue weighted by molar-refractivity contribution is 1.14. The maximum atomic E-state index is 2.22. The minimum Gasteiger partial charge on any atom is -0.0776 e. The van der Waals surface area contributed by atoms with Crippen LogP contribution < -0.4 is 0 Å². The Morgan fingerprint density at radius 1 is 0.875 bits per heavy atom. The topological polar surface area (TPSA) is 0 Å². The summed E-state index contributed by atoms with van der Waals surface area (Å²) in [7, 11) is 0. The van der Waals surface area contributed by atoms with Crippen LogP contribution >= 0.6 is 0 Å². The maximum Gasteiger partial charge on any atom is -0.0181 e. The molecule has 2 rings (SSSR count). The molecule has 0 amide bonds. The van der Waals surface area contributed by atoms with Crippen molar-refractivity contribution in [3.63, 3.8) is 0 Å². The van der Waals surface area contributed by atoms with E-state index < -0.39 is 0 Å². The van der Waals surface area contributed by atoms with Gasteiger partial charge < -0.3 is 0 Å². The zero-order valence-electron chi connectivity index (χ0n) is 9.33.